The SMILES string of the molecule is CC(C)(C)CC(C)(C)O.CC(C)(C)CN1CCOCC1.CC(N(C)C)C(C)(C)C.CN(C)C(C)(C)C(C)(C)C.CN1CCN(CC(C)(C)C)CC1.CN[C@H](C)C(C)(C)C.C[C@@H](N(C)C)C(C)(C)C.C[C@H](N(C)C)C(C)(C)C. The Kier molecular flexibility index (Phi) is 43.0. The van der Waals surface area contributed by atoms with E-state index < -0.39 is 5.60 Å². The molecule has 10 heteroatoms. The molecule has 474 valence electrons. The summed E-state index contributed by atoms with van der Waals surface area (Å²) in [7, 11) is 21.2. The van der Waals surface area contributed by atoms with Crippen LogP contribution in [-0.4, -0.2) is 211 Å². The van der Waals surface area contributed by atoms with E-state index in [9.17, 15) is 5.11 Å². The summed E-state index contributed by atoms with van der Waals surface area (Å²) in [5.74, 6) is 0. The van der Waals surface area contributed by atoms with Crippen LogP contribution in [0.25, 0.3) is 0 Å². The van der Waals surface area contributed by atoms with Crippen molar-refractivity contribution >= 4 is 0 Å². The Morgan fingerprint density at radius 3 is 0.818 bits per heavy atom. The summed E-state index contributed by atoms with van der Waals surface area (Å²) in [6, 6.07) is 2.55. The minimum absolute atomic E-state index is 0.234. The van der Waals surface area contributed by atoms with Gasteiger partial charge in [-0.3, -0.25) is 4.90 Å². The van der Waals surface area contributed by atoms with E-state index in [0.29, 0.717) is 62.1 Å². The maximum absolute atomic E-state index is 9.35. The first-order valence-electron chi connectivity index (χ1n) is 30.3. The highest BCUT2D eigenvalue weighted by Gasteiger charge is 2.34. The predicted molar refractivity (Wildman–Crippen MR) is 353 cm³/mol. The van der Waals surface area contributed by atoms with E-state index in [0.717, 1.165) is 32.7 Å². The van der Waals surface area contributed by atoms with Gasteiger partial charge in [0.25, 0.3) is 0 Å². The topological polar surface area (TPSA) is 64.2 Å². The molecule has 0 aromatic heterocycles. The normalized spacial score (nSPS) is 17.6. The molecule has 0 saturated carbocycles. The van der Waals surface area contributed by atoms with Crippen molar-refractivity contribution in [2.75, 3.05) is 136 Å². The first-order chi connectivity index (χ1) is 33.5. The molecule has 10 nitrogen and oxygen atoms in total. The van der Waals surface area contributed by atoms with Crippen LogP contribution in [0.2, 0.25) is 0 Å². The molecule has 1 unspecified atom stereocenters. The van der Waals surface area contributed by atoms with Crippen LogP contribution >= 0.6 is 0 Å². The molecule has 77 heavy (non-hydrogen) atoms. The van der Waals surface area contributed by atoms with E-state index in [4.69, 9.17) is 4.74 Å². The maximum Gasteiger partial charge on any atom is 0.0596 e. The Labute approximate surface area is 490 Å². The van der Waals surface area contributed by atoms with E-state index >= 15 is 0 Å². The second kappa shape index (κ2) is 37.7. The van der Waals surface area contributed by atoms with E-state index in [1.54, 1.807) is 0 Å². The number of nitrogens with one attached hydrogen (secondary N) is 1. The predicted octanol–water partition coefficient (Wildman–Crippen LogP) is 14.8. The van der Waals surface area contributed by atoms with Gasteiger partial charge in [0, 0.05) is 82.1 Å². The van der Waals surface area contributed by atoms with Crippen molar-refractivity contribution in [1.29, 1.82) is 0 Å². The van der Waals surface area contributed by atoms with Gasteiger partial charge >= 0.3 is 0 Å². The number of nitrogens with zero attached hydrogens (tertiary/aromatic N) is 7. The van der Waals surface area contributed by atoms with Crippen LogP contribution in [0.4, 0.5) is 0 Å². The highest BCUT2D eigenvalue weighted by atomic mass is 16.5. The van der Waals surface area contributed by atoms with Crippen LogP contribution < -0.4 is 5.32 Å². The lowest BCUT2D eigenvalue weighted by molar-refractivity contribution is 0.0236. The molecular weight excluding hydrogens is 949 g/mol. The number of likely N-dealkylation sites (N-methyl/N-ethyl adjacent to an activating group) is 1. The molecule has 0 aliphatic carbocycles. The number of hydrogen-bond acceptors (Lipinski definition) is 10. The molecular formula is C67H154N8O2. The quantitative estimate of drug-likeness (QED) is 0.246. The van der Waals surface area contributed by atoms with E-state index in [-0.39, 0.29) is 11.0 Å². The lowest BCUT2D eigenvalue weighted by Gasteiger charge is -2.44. The van der Waals surface area contributed by atoms with Crippen molar-refractivity contribution < 1.29 is 9.84 Å². The van der Waals surface area contributed by atoms with Crippen molar-refractivity contribution in [3.05, 3.63) is 0 Å². The summed E-state index contributed by atoms with van der Waals surface area (Å²) in [4.78, 5) is 16.5. The van der Waals surface area contributed by atoms with Gasteiger partial charge in [-0.25, -0.2) is 0 Å². The van der Waals surface area contributed by atoms with Crippen molar-refractivity contribution in [2.24, 2.45) is 43.3 Å². The fraction of sp³-hybridized carbons (Fsp3) is 1.00. The average Bonchev–Trinajstić information content (AvgIpc) is 3.18. The second-order valence-electron chi connectivity index (χ2n) is 34.2. The third-order valence-electron chi connectivity index (χ3n) is 15.8. The lowest BCUT2D eigenvalue weighted by atomic mass is 9.75. The molecule has 2 aliphatic rings. The molecule has 4 atom stereocenters. The third-order valence-corrected chi connectivity index (χ3v) is 15.8. The van der Waals surface area contributed by atoms with Gasteiger partial charge < -0.3 is 44.6 Å². The van der Waals surface area contributed by atoms with E-state index in [1.165, 1.54) is 39.3 Å². The lowest BCUT2D eigenvalue weighted by Crippen LogP contribution is -2.48. The molecule has 2 heterocycles. The van der Waals surface area contributed by atoms with Gasteiger partial charge in [0.05, 0.1) is 18.8 Å². The summed E-state index contributed by atoms with van der Waals surface area (Å²) in [5, 5.41) is 12.6. The largest absolute Gasteiger partial charge is 0.390 e. The van der Waals surface area contributed by atoms with Gasteiger partial charge in [0.2, 0.25) is 0 Å². The second-order valence-corrected chi connectivity index (χ2v) is 34.2. The molecule has 2 fully saturated rings. The Morgan fingerprint density at radius 2 is 0.701 bits per heavy atom. The summed E-state index contributed by atoms with van der Waals surface area (Å²) >= 11 is 0. The monoisotopic (exact) mass is 1100 g/mol. The first kappa shape index (κ1) is 87.8. The van der Waals surface area contributed by atoms with Gasteiger partial charge in [0.15, 0.2) is 0 Å². The Hall–Kier alpha value is -0.400. The Bertz CT molecular complexity index is 1300. The molecule has 0 aromatic rings. The Balaban J connectivity index is -0.000000188. The molecule has 2 saturated heterocycles. The third kappa shape index (κ3) is 54.6. The zero-order valence-corrected chi connectivity index (χ0v) is 61.6. The number of piperazine rings is 1. The molecule has 2 aliphatic heterocycles. The van der Waals surface area contributed by atoms with E-state index in [1.807, 2.05) is 20.9 Å². The van der Waals surface area contributed by atoms with Crippen LogP contribution in [0.1, 0.15) is 228 Å². The van der Waals surface area contributed by atoms with Gasteiger partial charge in [-0.15, -0.1) is 0 Å². The number of rotatable bonds is 8. The van der Waals surface area contributed by atoms with E-state index in [2.05, 4.69) is 311 Å². The summed E-state index contributed by atoms with van der Waals surface area (Å²) in [6.45, 7) is 82.6. The minimum Gasteiger partial charge on any atom is -0.390 e. The minimum atomic E-state index is -0.516. The van der Waals surface area contributed by atoms with Crippen molar-refractivity contribution in [3.63, 3.8) is 0 Å². The summed E-state index contributed by atoms with van der Waals surface area (Å²) in [5.41, 5.74) is 2.83. The smallest absolute Gasteiger partial charge is 0.0596 e. The number of aliphatic hydroxyl groups is 1. The van der Waals surface area contributed by atoms with Crippen LogP contribution in [0.3, 0.4) is 0 Å². The summed E-state index contributed by atoms with van der Waals surface area (Å²) in [6.07, 6.45) is 0.847. The van der Waals surface area contributed by atoms with Gasteiger partial charge in [-0.2, -0.15) is 0 Å². The average molecular weight is 1100 g/mol. The van der Waals surface area contributed by atoms with Crippen LogP contribution in [0.5, 0.6) is 0 Å². The highest BCUT2D eigenvalue weighted by Crippen LogP contribution is 2.33. The van der Waals surface area contributed by atoms with Crippen LogP contribution in [0.15, 0.2) is 0 Å². The van der Waals surface area contributed by atoms with Crippen molar-refractivity contribution in [3.8, 4) is 0 Å². The molecule has 0 radical (unpaired) electrons. The standard InChI is InChI=1S/C10H22N2.C9H19NO.C9H21N.3C8H19N.C8H18O.C7H17N/c1-10(2,3)9-12-7-5-11(4)6-8-12;1-9(2,3)8-10-4-6-11-7-5-10;1-8(2,3)9(4,5)10(6)7;3*1-7(9(5)6)8(2,3)4;1-7(2,3)6-8(4,5)9;1-6(8-5)7(2,3)4/h5-9H2,1-4H3;4-8H2,1-3H3;1-7H3;3*7H,1-6H3;9H,6H2,1-5H3;6,8H,1-5H3/t;;;2*7-;;;6-/m...10..1/s1. The number of morpholine rings is 1. The molecule has 0 spiro atoms. The van der Waals surface area contributed by atoms with Crippen LogP contribution in [0, 0.1) is 43.3 Å². The van der Waals surface area contributed by atoms with Crippen molar-refractivity contribution in [1.82, 2.24) is 39.6 Å². The van der Waals surface area contributed by atoms with Gasteiger partial charge in [0.1, 0.15) is 0 Å². The zero-order valence-electron chi connectivity index (χ0n) is 61.6. The van der Waals surface area contributed by atoms with Gasteiger partial charge in [-0.1, -0.05) is 166 Å². The highest BCUT2D eigenvalue weighted by molar-refractivity contribution is 4.89. The number of hydrogen-bond donors (Lipinski definition) is 2. The van der Waals surface area contributed by atoms with Crippen LogP contribution in [-0.2, 0) is 4.74 Å². The molecule has 0 aromatic carbocycles. The first-order valence-corrected chi connectivity index (χ1v) is 30.3. The number of ether oxygens (including phenoxy) is 1. The molecule has 0 bridgehead atoms. The summed E-state index contributed by atoms with van der Waals surface area (Å²) < 4.78 is 5.27. The zero-order chi connectivity index (χ0) is 63.5. The fourth-order valence-electron chi connectivity index (χ4n) is 7.83. The van der Waals surface area contributed by atoms with Crippen molar-refractivity contribution in [2.45, 2.75) is 263 Å². The molecule has 2 N–H and O–H groups in total. The molecule has 0 amide bonds. The fourth-order valence-corrected chi connectivity index (χ4v) is 7.83. The maximum atomic E-state index is 9.35. The van der Waals surface area contributed by atoms with Gasteiger partial charge in [-0.05, 0) is 176 Å². The molecule has 2 rings (SSSR count). The Morgan fingerprint density at radius 1 is 0.429 bits per heavy atom.